The van der Waals surface area contributed by atoms with E-state index in [-0.39, 0.29) is 23.2 Å². The smallest absolute Gasteiger partial charge is 0.232 e. The summed E-state index contributed by atoms with van der Waals surface area (Å²) >= 11 is 1.26. The van der Waals surface area contributed by atoms with E-state index in [2.05, 4.69) is 0 Å². The summed E-state index contributed by atoms with van der Waals surface area (Å²) in [5.74, 6) is 0.154. The molecule has 1 rings (SSSR count). The van der Waals surface area contributed by atoms with Crippen LogP contribution in [0.5, 0.6) is 0 Å². The van der Waals surface area contributed by atoms with Crippen LogP contribution in [0.1, 0.15) is 13.8 Å². The molecule has 0 aromatic heterocycles. The molecule has 6 heteroatoms. The van der Waals surface area contributed by atoms with Crippen LogP contribution in [0, 0.1) is 0 Å². The van der Waals surface area contributed by atoms with Gasteiger partial charge in [0.1, 0.15) is 0 Å². The maximum atomic E-state index is 11.8. The van der Waals surface area contributed by atoms with Gasteiger partial charge < -0.3 is 15.4 Å². The van der Waals surface area contributed by atoms with Crippen LogP contribution in [0.2, 0.25) is 0 Å². The second-order valence-electron chi connectivity index (χ2n) is 4.38. The molecule has 0 aliphatic carbocycles. The second kappa shape index (κ2) is 5.54. The van der Waals surface area contributed by atoms with Crippen molar-refractivity contribution in [1.82, 2.24) is 4.90 Å². The molecule has 0 aromatic rings. The lowest BCUT2D eigenvalue weighted by atomic mass is 10.1. The summed E-state index contributed by atoms with van der Waals surface area (Å²) in [5.41, 5.74) is 4.72. The Morgan fingerprint density at radius 2 is 2.12 bits per heavy atom. The zero-order chi connectivity index (χ0) is 12.2. The highest BCUT2D eigenvalue weighted by Crippen LogP contribution is 2.17. The molecular weight excluding hydrogens is 228 g/mol. The summed E-state index contributed by atoms with van der Waals surface area (Å²) in [6.45, 7) is 5.72. The Labute approximate surface area is 99.7 Å². The van der Waals surface area contributed by atoms with Gasteiger partial charge in [0.15, 0.2) is 0 Å². The summed E-state index contributed by atoms with van der Waals surface area (Å²) in [6.07, 6.45) is 0. The number of carbonyl (C=O) groups excluding carboxylic acids is 2. The lowest BCUT2D eigenvalue weighted by molar-refractivity contribution is -0.143. The number of rotatable bonds is 4. The third kappa shape index (κ3) is 4.40. The standard InChI is InChI=1S/C10H18N2O3S/c1-10(2)7-12(3-4-15-10)9(14)6-16-5-8(11)13/h3-7H2,1-2H3,(H2,11,13). The fourth-order valence-electron chi connectivity index (χ4n) is 1.56. The molecule has 1 saturated heterocycles. The van der Waals surface area contributed by atoms with E-state index in [1.807, 2.05) is 13.8 Å². The van der Waals surface area contributed by atoms with Gasteiger partial charge in [-0.3, -0.25) is 9.59 Å². The van der Waals surface area contributed by atoms with Gasteiger partial charge in [0.05, 0.1) is 23.7 Å². The number of carbonyl (C=O) groups is 2. The quantitative estimate of drug-likeness (QED) is 0.748. The van der Waals surface area contributed by atoms with Gasteiger partial charge in [-0.05, 0) is 13.8 Å². The molecule has 5 nitrogen and oxygen atoms in total. The molecule has 0 atom stereocenters. The van der Waals surface area contributed by atoms with Gasteiger partial charge in [-0.2, -0.15) is 0 Å². The molecule has 92 valence electrons. The lowest BCUT2D eigenvalue weighted by Crippen LogP contribution is -2.51. The largest absolute Gasteiger partial charge is 0.372 e. The van der Waals surface area contributed by atoms with Crippen LogP contribution in [-0.4, -0.2) is 53.5 Å². The lowest BCUT2D eigenvalue weighted by Gasteiger charge is -2.38. The zero-order valence-corrected chi connectivity index (χ0v) is 10.5. The first-order valence-corrected chi connectivity index (χ1v) is 6.34. The predicted molar refractivity (Wildman–Crippen MR) is 63.1 cm³/mol. The van der Waals surface area contributed by atoms with Crippen molar-refractivity contribution >= 4 is 23.6 Å². The molecule has 0 unspecified atom stereocenters. The molecule has 0 radical (unpaired) electrons. The maximum Gasteiger partial charge on any atom is 0.232 e. The molecule has 1 fully saturated rings. The Morgan fingerprint density at radius 3 is 2.69 bits per heavy atom. The first kappa shape index (κ1) is 13.3. The number of morpholine rings is 1. The highest BCUT2D eigenvalue weighted by molar-refractivity contribution is 8.00. The Balaban J connectivity index is 2.33. The van der Waals surface area contributed by atoms with Crippen molar-refractivity contribution in [1.29, 1.82) is 0 Å². The van der Waals surface area contributed by atoms with Crippen molar-refractivity contribution in [2.24, 2.45) is 5.73 Å². The van der Waals surface area contributed by atoms with E-state index in [1.165, 1.54) is 11.8 Å². The minimum absolute atomic E-state index is 0.0441. The zero-order valence-electron chi connectivity index (χ0n) is 9.69. The summed E-state index contributed by atoms with van der Waals surface area (Å²) in [7, 11) is 0. The first-order chi connectivity index (χ1) is 7.41. The van der Waals surface area contributed by atoms with Crippen molar-refractivity contribution in [2.45, 2.75) is 19.4 Å². The van der Waals surface area contributed by atoms with Crippen LogP contribution >= 0.6 is 11.8 Å². The SMILES string of the molecule is CC1(C)CN(C(=O)CSCC(N)=O)CCO1. The predicted octanol–water partition coefficient (Wildman–Crippen LogP) is -0.158. The van der Waals surface area contributed by atoms with Crippen molar-refractivity contribution < 1.29 is 14.3 Å². The Bertz CT molecular complexity index is 281. The van der Waals surface area contributed by atoms with E-state index in [0.717, 1.165) is 0 Å². The average Bonchev–Trinajstić information content (AvgIpc) is 2.15. The molecule has 16 heavy (non-hydrogen) atoms. The van der Waals surface area contributed by atoms with Crippen LogP contribution in [-0.2, 0) is 14.3 Å². The number of nitrogens with zero attached hydrogens (tertiary/aromatic N) is 1. The Hall–Kier alpha value is -0.750. The third-order valence-corrected chi connectivity index (χ3v) is 3.19. The van der Waals surface area contributed by atoms with Crippen molar-refractivity contribution in [3.8, 4) is 0 Å². The van der Waals surface area contributed by atoms with Gasteiger partial charge in [-0.25, -0.2) is 0 Å². The van der Waals surface area contributed by atoms with E-state index < -0.39 is 0 Å². The van der Waals surface area contributed by atoms with E-state index in [4.69, 9.17) is 10.5 Å². The first-order valence-electron chi connectivity index (χ1n) is 5.18. The molecule has 2 N–H and O–H groups in total. The highest BCUT2D eigenvalue weighted by atomic mass is 32.2. The molecular formula is C10H18N2O3S. The molecule has 1 aliphatic rings. The fraction of sp³-hybridized carbons (Fsp3) is 0.800. The van der Waals surface area contributed by atoms with Gasteiger partial charge >= 0.3 is 0 Å². The van der Waals surface area contributed by atoms with Crippen LogP contribution in [0.15, 0.2) is 0 Å². The number of nitrogens with two attached hydrogens (primary N) is 1. The van der Waals surface area contributed by atoms with Crippen molar-refractivity contribution in [2.75, 3.05) is 31.2 Å². The number of primary amides is 1. The summed E-state index contributed by atoms with van der Waals surface area (Å²) in [5, 5.41) is 0. The molecule has 1 heterocycles. The number of amides is 2. The summed E-state index contributed by atoms with van der Waals surface area (Å²) in [4.78, 5) is 24.1. The Morgan fingerprint density at radius 1 is 1.44 bits per heavy atom. The van der Waals surface area contributed by atoms with Gasteiger partial charge in [0, 0.05) is 13.1 Å². The average molecular weight is 246 g/mol. The van der Waals surface area contributed by atoms with Gasteiger partial charge in [0.2, 0.25) is 11.8 Å². The van der Waals surface area contributed by atoms with Crippen molar-refractivity contribution in [3.05, 3.63) is 0 Å². The molecule has 0 spiro atoms. The van der Waals surface area contributed by atoms with Gasteiger partial charge in [0.25, 0.3) is 0 Å². The summed E-state index contributed by atoms with van der Waals surface area (Å²) in [6, 6.07) is 0. The van der Waals surface area contributed by atoms with Crippen LogP contribution in [0.25, 0.3) is 0 Å². The minimum atomic E-state index is -0.389. The second-order valence-corrected chi connectivity index (χ2v) is 5.37. The van der Waals surface area contributed by atoms with Crippen molar-refractivity contribution in [3.63, 3.8) is 0 Å². The number of ether oxygens (including phenoxy) is 1. The topological polar surface area (TPSA) is 72.6 Å². The van der Waals surface area contributed by atoms with Crippen LogP contribution in [0.4, 0.5) is 0 Å². The number of thioether (sulfide) groups is 1. The Kier molecular flexibility index (Phi) is 4.61. The normalized spacial score (nSPS) is 19.5. The molecule has 2 amide bonds. The van der Waals surface area contributed by atoms with E-state index in [1.54, 1.807) is 4.90 Å². The number of hydrogen-bond donors (Lipinski definition) is 1. The molecule has 0 saturated carbocycles. The molecule has 0 aromatic carbocycles. The monoisotopic (exact) mass is 246 g/mol. The summed E-state index contributed by atoms with van der Waals surface area (Å²) < 4.78 is 5.51. The highest BCUT2D eigenvalue weighted by Gasteiger charge is 2.29. The van der Waals surface area contributed by atoms with Gasteiger partial charge in [-0.15, -0.1) is 11.8 Å². The third-order valence-electron chi connectivity index (χ3n) is 2.25. The van der Waals surface area contributed by atoms with E-state index in [9.17, 15) is 9.59 Å². The van der Waals surface area contributed by atoms with E-state index in [0.29, 0.717) is 25.4 Å². The molecule has 1 aliphatic heterocycles. The maximum absolute atomic E-state index is 11.8. The minimum Gasteiger partial charge on any atom is -0.372 e. The van der Waals surface area contributed by atoms with Crippen LogP contribution < -0.4 is 5.73 Å². The number of hydrogen-bond acceptors (Lipinski definition) is 4. The van der Waals surface area contributed by atoms with Gasteiger partial charge in [-0.1, -0.05) is 0 Å². The van der Waals surface area contributed by atoms with E-state index >= 15 is 0 Å². The fourth-order valence-corrected chi connectivity index (χ4v) is 2.22. The van der Waals surface area contributed by atoms with Crippen LogP contribution in [0.3, 0.4) is 0 Å². The molecule has 0 bridgehead atoms.